The molecule has 1 aromatic rings. The van der Waals surface area contributed by atoms with Crippen molar-refractivity contribution < 1.29 is 23.0 Å². The van der Waals surface area contributed by atoms with Crippen LogP contribution in [0.4, 0.5) is 8.78 Å². The second-order valence-electron chi connectivity index (χ2n) is 6.24. The van der Waals surface area contributed by atoms with Crippen LogP contribution in [0, 0.1) is 5.92 Å². The Kier molecular flexibility index (Phi) is 7.56. The summed E-state index contributed by atoms with van der Waals surface area (Å²) in [6, 6.07) is 4.68. The lowest BCUT2D eigenvalue weighted by Crippen LogP contribution is -2.24. The van der Waals surface area contributed by atoms with Crippen LogP contribution in [0.5, 0.6) is 17.2 Å². The SMILES string of the molecule is Cl.[N-]=[N+]=NC[C@H]1C[C@H](Oc2ccc(OC(F)F)c(OCC3CC3)c2)CN1. The molecule has 1 aliphatic heterocycles. The van der Waals surface area contributed by atoms with Crippen molar-refractivity contribution in [2.24, 2.45) is 11.0 Å². The van der Waals surface area contributed by atoms with Crippen molar-refractivity contribution in [1.29, 1.82) is 0 Å². The van der Waals surface area contributed by atoms with Crippen LogP contribution in [0.2, 0.25) is 0 Å². The van der Waals surface area contributed by atoms with Crippen molar-refractivity contribution in [3.05, 3.63) is 28.6 Å². The van der Waals surface area contributed by atoms with E-state index in [0.717, 1.165) is 12.8 Å². The Morgan fingerprint density at radius 1 is 1.31 bits per heavy atom. The number of benzene rings is 1. The predicted molar refractivity (Wildman–Crippen MR) is 93.4 cm³/mol. The second-order valence-corrected chi connectivity index (χ2v) is 6.24. The molecule has 0 amide bonds. The molecule has 0 spiro atoms. The fraction of sp³-hybridized carbons (Fsp3) is 0.625. The van der Waals surface area contributed by atoms with Gasteiger partial charge in [0.15, 0.2) is 11.5 Å². The monoisotopic (exact) mass is 390 g/mol. The highest BCUT2D eigenvalue weighted by Gasteiger charge is 2.26. The first-order valence-electron chi connectivity index (χ1n) is 8.26. The topological polar surface area (TPSA) is 88.5 Å². The molecule has 1 saturated carbocycles. The molecule has 2 fully saturated rings. The van der Waals surface area contributed by atoms with Crippen LogP contribution < -0.4 is 19.5 Å². The number of nitrogens with zero attached hydrogens (tertiary/aromatic N) is 3. The highest BCUT2D eigenvalue weighted by Crippen LogP contribution is 2.36. The molecule has 1 heterocycles. The smallest absolute Gasteiger partial charge is 0.387 e. The molecular formula is C16H21ClF2N4O3. The second kappa shape index (κ2) is 9.66. The van der Waals surface area contributed by atoms with Gasteiger partial charge in [0.05, 0.1) is 6.61 Å². The quantitative estimate of drug-likeness (QED) is 0.393. The Morgan fingerprint density at radius 3 is 2.81 bits per heavy atom. The molecule has 7 nitrogen and oxygen atoms in total. The van der Waals surface area contributed by atoms with Crippen LogP contribution >= 0.6 is 12.4 Å². The number of azide groups is 1. The molecule has 0 radical (unpaired) electrons. The van der Waals surface area contributed by atoms with E-state index in [4.69, 9.17) is 15.0 Å². The number of hydrogen-bond acceptors (Lipinski definition) is 5. The average molecular weight is 391 g/mol. The molecule has 1 saturated heterocycles. The van der Waals surface area contributed by atoms with Gasteiger partial charge >= 0.3 is 6.61 Å². The molecule has 1 N–H and O–H groups in total. The first kappa shape index (κ1) is 20.4. The Labute approximate surface area is 156 Å². The lowest BCUT2D eigenvalue weighted by atomic mass is 10.2. The van der Waals surface area contributed by atoms with E-state index in [0.29, 0.717) is 37.8 Å². The highest BCUT2D eigenvalue weighted by atomic mass is 35.5. The van der Waals surface area contributed by atoms with Gasteiger partial charge in [0, 0.05) is 36.5 Å². The zero-order chi connectivity index (χ0) is 17.6. The van der Waals surface area contributed by atoms with Gasteiger partial charge in [0.2, 0.25) is 0 Å². The van der Waals surface area contributed by atoms with E-state index in [-0.39, 0.29) is 36.1 Å². The maximum absolute atomic E-state index is 12.5. The van der Waals surface area contributed by atoms with E-state index in [9.17, 15) is 8.78 Å². The van der Waals surface area contributed by atoms with Crippen molar-refractivity contribution in [2.75, 3.05) is 19.7 Å². The number of alkyl halides is 2. The molecular weight excluding hydrogens is 370 g/mol. The summed E-state index contributed by atoms with van der Waals surface area (Å²) in [6.07, 6.45) is 2.81. The summed E-state index contributed by atoms with van der Waals surface area (Å²) in [4.78, 5) is 2.75. The minimum atomic E-state index is -2.91. The number of nitrogens with one attached hydrogen (secondary N) is 1. The maximum Gasteiger partial charge on any atom is 0.387 e. The number of hydrogen-bond donors (Lipinski definition) is 1. The zero-order valence-corrected chi connectivity index (χ0v) is 14.8. The Balaban J connectivity index is 0.00000243. The summed E-state index contributed by atoms with van der Waals surface area (Å²) in [7, 11) is 0. The van der Waals surface area contributed by atoms with E-state index >= 15 is 0 Å². The standard InChI is InChI=1S/C16H20F2N4O3.ClH/c17-16(18)25-14-4-3-12(6-15(14)23-9-10-1-2-10)24-13-5-11(20-8-13)7-21-22-19;/h3-4,6,10-11,13,16,20H,1-2,5,7-9H2;1H/t11-,13+;/m1./s1. The minimum Gasteiger partial charge on any atom is -0.489 e. The van der Waals surface area contributed by atoms with Gasteiger partial charge < -0.3 is 19.5 Å². The van der Waals surface area contributed by atoms with E-state index in [1.54, 1.807) is 12.1 Å². The van der Waals surface area contributed by atoms with E-state index in [1.165, 1.54) is 6.07 Å². The van der Waals surface area contributed by atoms with Crippen LogP contribution in [0.25, 0.3) is 10.4 Å². The zero-order valence-electron chi connectivity index (χ0n) is 14.0. The van der Waals surface area contributed by atoms with Gasteiger partial charge in [-0.15, -0.1) is 12.4 Å². The van der Waals surface area contributed by atoms with Gasteiger partial charge in [0.25, 0.3) is 0 Å². The van der Waals surface area contributed by atoms with Gasteiger partial charge in [-0.1, -0.05) is 5.11 Å². The van der Waals surface area contributed by atoms with Crippen molar-refractivity contribution in [3.63, 3.8) is 0 Å². The van der Waals surface area contributed by atoms with Gasteiger partial charge in [-0.05, 0) is 36.4 Å². The van der Waals surface area contributed by atoms with Crippen LogP contribution in [-0.4, -0.2) is 38.5 Å². The van der Waals surface area contributed by atoms with Crippen molar-refractivity contribution in [3.8, 4) is 17.2 Å². The summed E-state index contributed by atoms with van der Waals surface area (Å²) in [5.74, 6) is 1.29. The summed E-state index contributed by atoms with van der Waals surface area (Å²) >= 11 is 0. The minimum absolute atomic E-state index is 0. The van der Waals surface area contributed by atoms with E-state index in [2.05, 4.69) is 20.1 Å². The van der Waals surface area contributed by atoms with Crippen LogP contribution in [0.15, 0.2) is 23.3 Å². The van der Waals surface area contributed by atoms with Gasteiger partial charge in [-0.3, -0.25) is 0 Å². The average Bonchev–Trinajstić information content (AvgIpc) is 3.31. The third-order valence-electron chi connectivity index (χ3n) is 4.15. The molecule has 1 aromatic carbocycles. The molecule has 0 bridgehead atoms. The van der Waals surface area contributed by atoms with E-state index in [1.807, 2.05) is 0 Å². The van der Waals surface area contributed by atoms with E-state index < -0.39 is 6.61 Å². The lowest BCUT2D eigenvalue weighted by Gasteiger charge is -2.16. The first-order chi connectivity index (χ1) is 12.1. The lowest BCUT2D eigenvalue weighted by molar-refractivity contribution is -0.0515. The largest absolute Gasteiger partial charge is 0.489 e. The summed E-state index contributed by atoms with van der Waals surface area (Å²) < 4.78 is 41.1. The Bertz CT molecular complexity index is 642. The molecule has 2 atom stereocenters. The first-order valence-corrected chi connectivity index (χ1v) is 8.26. The highest BCUT2D eigenvalue weighted by molar-refractivity contribution is 5.85. The number of rotatable bonds is 9. The van der Waals surface area contributed by atoms with Crippen molar-refractivity contribution in [2.45, 2.75) is 38.0 Å². The molecule has 10 heteroatoms. The third-order valence-corrected chi connectivity index (χ3v) is 4.15. The van der Waals surface area contributed by atoms with Crippen molar-refractivity contribution in [1.82, 2.24) is 5.32 Å². The van der Waals surface area contributed by atoms with Gasteiger partial charge in [0.1, 0.15) is 11.9 Å². The number of ether oxygens (including phenoxy) is 3. The summed E-state index contributed by atoms with van der Waals surface area (Å²) in [5.41, 5.74) is 8.36. The van der Waals surface area contributed by atoms with Crippen LogP contribution in [-0.2, 0) is 0 Å². The Hall–Kier alpha value is -1.96. The fourth-order valence-corrected chi connectivity index (χ4v) is 2.70. The molecule has 1 aliphatic carbocycles. The maximum atomic E-state index is 12.5. The summed E-state index contributed by atoms with van der Waals surface area (Å²) in [6.45, 7) is -1.43. The van der Waals surface area contributed by atoms with Gasteiger partial charge in [-0.2, -0.15) is 8.78 Å². The van der Waals surface area contributed by atoms with Crippen LogP contribution in [0.3, 0.4) is 0 Å². The Morgan fingerprint density at radius 2 is 2.12 bits per heavy atom. The molecule has 0 unspecified atom stereocenters. The normalized spacial score (nSPS) is 21.7. The van der Waals surface area contributed by atoms with Gasteiger partial charge in [-0.25, -0.2) is 0 Å². The molecule has 144 valence electrons. The summed E-state index contributed by atoms with van der Waals surface area (Å²) in [5, 5.41) is 6.77. The third kappa shape index (κ3) is 6.09. The molecule has 0 aromatic heterocycles. The van der Waals surface area contributed by atoms with Crippen molar-refractivity contribution >= 4 is 12.4 Å². The molecule has 2 aliphatic rings. The molecule has 3 rings (SSSR count). The fourth-order valence-electron chi connectivity index (χ4n) is 2.70. The molecule has 26 heavy (non-hydrogen) atoms. The van der Waals surface area contributed by atoms with Crippen LogP contribution in [0.1, 0.15) is 19.3 Å². The predicted octanol–water partition coefficient (Wildman–Crippen LogP) is 3.92. The number of halogens is 3.